The van der Waals surface area contributed by atoms with E-state index in [0.717, 1.165) is 12.1 Å². The number of phenols is 1. The molecule has 0 amide bonds. The average molecular weight is 205 g/mol. The molecule has 76 valence electrons. The molecule has 0 unspecified atom stereocenters. The molecule has 0 aliphatic heterocycles. The fourth-order valence-corrected chi connectivity index (χ4v) is 1.30. The van der Waals surface area contributed by atoms with Crippen LogP contribution >= 0.6 is 0 Å². The number of hydrogen-bond acceptors (Lipinski definition) is 3. The van der Waals surface area contributed by atoms with Gasteiger partial charge in [0, 0.05) is 11.8 Å². The van der Waals surface area contributed by atoms with E-state index in [1.807, 2.05) is 0 Å². The number of hydrogen-bond donors (Lipinski definition) is 2. The Bertz CT molecular complexity index is 500. The Kier molecular flexibility index (Phi) is 2.25. The highest BCUT2D eigenvalue weighted by Gasteiger charge is 2.10. The highest BCUT2D eigenvalue weighted by atomic mass is 19.1. The lowest BCUT2D eigenvalue weighted by Crippen LogP contribution is -1.86. The minimum atomic E-state index is -0.493. The lowest BCUT2D eigenvalue weighted by Gasteiger charge is -2.05. The van der Waals surface area contributed by atoms with Crippen LogP contribution < -0.4 is 0 Å². The van der Waals surface area contributed by atoms with Crippen LogP contribution in [-0.4, -0.2) is 15.2 Å². The third-order valence-electron chi connectivity index (χ3n) is 2.00. The summed E-state index contributed by atoms with van der Waals surface area (Å²) in [5.74, 6) is -0.711. The molecular weight excluding hydrogens is 197 g/mol. The van der Waals surface area contributed by atoms with Crippen LogP contribution in [0.2, 0.25) is 0 Å². The van der Waals surface area contributed by atoms with Crippen LogP contribution in [0, 0.1) is 5.82 Å². The molecule has 0 fully saturated rings. The minimum Gasteiger partial charge on any atom is -0.507 e. The summed E-state index contributed by atoms with van der Waals surface area (Å²) in [7, 11) is 0. The van der Waals surface area contributed by atoms with Crippen molar-refractivity contribution in [1.29, 1.82) is 0 Å². The Morgan fingerprint density at radius 3 is 2.60 bits per heavy atom. The van der Waals surface area contributed by atoms with Crippen molar-refractivity contribution in [3.8, 4) is 22.8 Å². The van der Waals surface area contributed by atoms with E-state index >= 15 is 0 Å². The topological polar surface area (TPSA) is 53.4 Å². The summed E-state index contributed by atoms with van der Waals surface area (Å²) in [5, 5.41) is 19.0. The number of benzene rings is 1. The number of rotatable bonds is 1. The van der Waals surface area contributed by atoms with Crippen LogP contribution in [0.25, 0.3) is 11.3 Å². The van der Waals surface area contributed by atoms with E-state index in [0.29, 0.717) is 0 Å². The normalized spacial score (nSPS) is 10.2. The molecule has 0 radical (unpaired) electrons. The second-order valence-electron chi connectivity index (χ2n) is 3.03. The molecule has 4 heteroatoms. The van der Waals surface area contributed by atoms with Crippen molar-refractivity contribution < 1.29 is 14.6 Å². The quantitative estimate of drug-likeness (QED) is 0.751. The number of phenolic OH excluding ortho intramolecular Hbond substituents is 1. The molecule has 2 rings (SSSR count). The third kappa shape index (κ3) is 1.74. The molecule has 3 nitrogen and oxygen atoms in total. The zero-order chi connectivity index (χ0) is 10.8. The van der Waals surface area contributed by atoms with E-state index in [9.17, 15) is 14.6 Å². The van der Waals surface area contributed by atoms with Crippen LogP contribution in [0.3, 0.4) is 0 Å². The minimum absolute atomic E-state index is 0.0987. The summed E-state index contributed by atoms with van der Waals surface area (Å²) in [4.78, 5) is 3.87. The van der Waals surface area contributed by atoms with Crippen LogP contribution in [0.5, 0.6) is 11.5 Å². The first kappa shape index (κ1) is 9.45. The first-order chi connectivity index (χ1) is 7.18. The molecule has 0 bridgehead atoms. The molecule has 1 aromatic heterocycles. The van der Waals surface area contributed by atoms with E-state index in [2.05, 4.69) is 4.98 Å². The van der Waals surface area contributed by atoms with Gasteiger partial charge in [0.05, 0.1) is 0 Å². The van der Waals surface area contributed by atoms with Gasteiger partial charge >= 0.3 is 0 Å². The highest BCUT2D eigenvalue weighted by Crippen LogP contribution is 2.33. The van der Waals surface area contributed by atoms with Crippen LogP contribution in [0.15, 0.2) is 36.5 Å². The molecule has 0 atom stereocenters. The van der Waals surface area contributed by atoms with Gasteiger partial charge in [0.1, 0.15) is 23.0 Å². The fraction of sp³-hybridized carbons (Fsp3) is 0. The average Bonchev–Trinajstić information content (AvgIpc) is 2.23. The second kappa shape index (κ2) is 3.57. The summed E-state index contributed by atoms with van der Waals surface area (Å²) in [5.41, 5.74) is 0.336. The monoisotopic (exact) mass is 205 g/mol. The molecule has 0 saturated carbocycles. The van der Waals surface area contributed by atoms with E-state index in [1.165, 1.54) is 18.3 Å². The number of halogens is 1. The summed E-state index contributed by atoms with van der Waals surface area (Å²) in [6.07, 6.45) is 1.46. The summed E-state index contributed by atoms with van der Waals surface area (Å²) >= 11 is 0. The lowest BCUT2D eigenvalue weighted by atomic mass is 10.1. The maximum Gasteiger partial charge on any atom is 0.141 e. The molecule has 0 saturated heterocycles. The first-order valence-corrected chi connectivity index (χ1v) is 4.31. The number of aromatic hydroxyl groups is 2. The number of nitrogens with zero attached hydrogens (tertiary/aromatic N) is 1. The van der Waals surface area contributed by atoms with E-state index in [1.54, 1.807) is 6.07 Å². The summed E-state index contributed by atoms with van der Waals surface area (Å²) < 4.78 is 12.9. The molecule has 2 N–H and O–H groups in total. The Morgan fingerprint density at radius 1 is 1.07 bits per heavy atom. The van der Waals surface area contributed by atoms with Gasteiger partial charge in [0.25, 0.3) is 0 Å². The van der Waals surface area contributed by atoms with E-state index in [4.69, 9.17) is 0 Å². The number of pyridine rings is 1. The van der Waals surface area contributed by atoms with Crippen molar-refractivity contribution >= 4 is 0 Å². The molecule has 0 aliphatic carbocycles. The lowest BCUT2D eigenvalue weighted by molar-refractivity contribution is 0.466. The van der Waals surface area contributed by atoms with Gasteiger partial charge in [-0.1, -0.05) is 0 Å². The Balaban J connectivity index is 2.64. The van der Waals surface area contributed by atoms with Gasteiger partial charge < -0.3 is 10.2 Å². The number of aromatic nitrogens is 1. The second-order valence-corrected chi connectivity index (χ2v) is 3.03. The van der Waals surface area contributed by atoms with Crippen molar-refractivity contribution in [2.45, 2.75) is 0 Å². The fourth-order valence-electron chi connectivity index (χ4n) is 1.30. The molecule has 15 heavy (non-hydrogen) atoms. The third-order valence-corrected chi connectivity index (χ3v) is 2.00. The zero-order valence-corrected chi connectivity index (χ0v) is 7.68. The first-order valence-electron chi connectivity index (χ1n) is 4.31. The summed E-state index contributed by atoms with van der Waals surface area (Å²) in [6.45, 7) is 0. The van der Waals surface area contributed by atoms with Crippen LogP contribution in [-0.2, 0) is 0 Å². The van der Waals surface area contributed by atoms with Gasteiger partial charge in [-0.15, -0.1) is 0 Å². The Hall–Kier alpha value is -2.10. The molecule has 0 aliphatic rings. The van der Waals surface area contributed by atoms with Gasteiger partial charge in [-0.2, -0.15) is 0 Å². The molecule has 1 heterocycles. The largest absolute Gasteiger partial charge is 0.507 e. The molecule has 2 aromatic rings. The van der Waals surface area contributed by atoms with Gasteiger partial charge in [-0.05, 0) is 30.3 Å². The van der Waals surface area contributed by atoms with Crippen molar-refractivity contribution in [2.75, 3.05) is 0 Å². The van der Waals surface area contributed by atoms with Crippen molar-refractivity contribution in [3.63, 3.8) is 0 Å². The van der Waals surface area contributed by atoms with Gasteiger partial charge in [0.15, 0.2) is 0 Å². The Morgan fingerprint density at radius 2 is 1.87 bits per heavy atom. The van der Waals surface area contributed by atoms with E-state index in [-0.39, 0.29) is 22.8 Å². The van der Waals surface area contributed by atoms with Gasteiger partial charge in [-0.25, -0.2) is 4.39 Å². The SMILES string of the molecule is Oc1ccc(F)cc1-c1ncccc1O. The molecule has 0 spiro atoms. The highest BCUT2D eigenvalue weighted by molar-refractivity contribution is 5.71. The maximum absolute atomic E-state index is 12.9. The predicted molar refractivity (Wildman–Crippen MR) is 53.0 cm³/mol. The smallest absolute Gasteiger partial charge is 0.141 e. The van der Waals surface area contributed by atoms with Crippen molar-refractivity contribution in [3.05, 3.63) is 42.3 Å². The molecule has 1 aromatic carbocycles. The van der Waals surface area contributed by atoms with Crippen LogP contribution in [0.4, 0.5) is 4.39 Å². The zero-order valence-electron chi connectivity index (χ0n) is 7.68. The van der Waals surface area contributed by atoms with Gasteiger partial charge in [0.2, 0.25) is 0 Å². The predicted octanol–water partition coefficient (Wildman–Crippen LogP) is 2.30. The van der Waals surface area contributed by atoms with Gasteiger partial charge in [-0.3, -0.25) is 4.98 Å². The maximum atomic E-state index is 12.9. The molecular formula is C11H8FNO2. The van der Waals surface area contributed by atoms with Crippen LogP contribution in [0.1, 0.15) is 0 Å². The summed E-state index contributed by atoms with van der Waals surface area (Å²) in [6, 6.07) is 6.46. The Labute approximate surface area is 85.5 Å². The van der Waals surface area contributed by atoms with E-state index < -0.39 is 5.82 Å². The standard InChI is InChI=1S/C11H8FNO2/c12-7-3-4-9(14)8(6-7)11-10(15)2-1-5-13-11/h1-6,14-15H. The van der Waals surface area contributed by atoms with Crippen molar-refractivity contribution in [2.24, 2.45) is 0 Å². The van der Waals surface area contributed by atoms with Crippen molar-refractivity contribution in [1.82, 2.24) is 4.98 Å².